The monoisotopic (exact) mass is 479 g/mol. The van der Waals surface area contributed by atoms with Crippen LogP contribution in [0, 0.1) is 26.7 Å². The third-order valence-corrected chi connectivity index (χ3v) is 8.93. The van der Waals surface area contributed by atoms with E-state index >= 15 is 0 Å². The van der Waals surface area contributed by atoms with Crippen molar-refractivity contribution in [3.8, 4) is 5.75 Å². The highest BCUT2D eigenvalue weighted by Crippen LogP contribution is 2.28. The number of hydrogen-bond donors (Lipinski definition) is 2. The van der Waals surface area contributed by atoms with Crippen LogP contribution in [0.25, 0.3) is 0 Å². The molecule has 1 saturated heterocycles. The van der Waals surface area contributed by atoms with E-state index in [1.54, 1.807) is 25.1 Å². The van der Waals surface area contributed by atoms with Gasteiger partial charge in [-0.2, -0.15) is 4.31 Å². The van der Waals surface area contributed by atoms with Crippen LogP contribution in [0.15, 0.2) is 34.5 Å². The van der Waals surface area contributed by atoms with Crippen molar-refractivity contribution in [1.29, 1.82) is 0 Å². The van der Waals surface area contributed by atoms with Gasteiger partial charge in [0.2, 0.25) is 5.91 Å². The van der Waals surface area contributed by atoms with Gasteiger partial charge in [-0.25, -0.2) is 8.42 Å². The van der Waals surface area contributed by atoms with E-state index in [1.165, 1.54) is 15.6 Å². The number of benzene rings is 1. The average Bonchev–Trinajstić information content (AvgIpc) is 3.22. The molecule has 2 unspecified atom stereocenters. The Morgan fingerprint density at radius 1 is 1.16 bits per heavy atom. The summed E-state index contributed by atoms with van der Waals surface area (Å²) in [5.74, 6) is -0.848. The second-order valence-corrected chi connectivity index (χ2v) is 11.5. The molecule has 1 aromatic carbocycles. The molecule has 0 radical (unpaired) electrons. The Kier molecular flexibility index (Phi) is 7.58. The van der Waals surface area contributed by atoms with Crippen molar-refractivity contribution in [2.75, 3.05) is 13.1 Å². The van der Waals surface area contributed by atoms with Crippen molar-refractivity contribution in [1.82, 2.24) is 15.2 Å². The number of carbonyl (C=O) groups is 2. The largest absolute Gasteiger partial charge is 0.481 e. The highest BCUT2D eigenvalue weighted by atomic mass is 32.2. The predicted octanol–water partition coefficient (Wildman–Crippen LogP) is 2.69. The van der Waals surface area contributed by atoms with Gasteiger partial charge in [0, 0.05) is 18.0 Å². The number of amides is 2. The zero-order chi connectivity index (χ0) is 23.5. The smallest absolute Gasteiger partial charge is 0.279 e. The molecule has 2 amide bonds. The molecule has 2 heterocycles. The lowest BCUT2D eigenvalue weighted by Crippen LogP contribution is -2.52. The lowest BCUT2D eigenvalue weighted by Gasteiger charge is -2.30. The molecule has 0 bridgehead atoms. The standard InChI is InChI=1S/C22H29N3O5S2/c1-14-7-5-9-19(16(14)3)30-17(4)21(26)23-24-22(27)18-8-6-12-25(13-18)32(28,29)20-11-10-15(2)31-20/h5,7,9-11,17-18H,6,8,12-13H2,1-4H3,(H,23,26)(H,24,27). The summed E-state index contributed by atoms with van der Waals surface area (Å²) in [5.41, 5.74) is 6.82. The van der Waals surface area contributed by atoms with Gasteiger partial charge in [-0.05, 0) is 69.9 Å². The Morgan fingerprint density at radius 2 is 1.91 bits per heavy atom. The summed E-state index contributed by atoms with van der Waals surface area (Å²) in [4.78, 5) is 25.9. The second kappa shape index (κ2) is 10.0. The van der Waals surface area contributed by atoms with E-state index in [9.17, 15) is 18.0 Å². The molecule has 10 heteroatoms. The predicted molar refractivity (Wildman–Crippen MR) is 123 cm³/mol. The number of rotatable bonds is 6. The molecule has 174 valence electrons. The summed E-state index contributed by atoms with van der Waals surface area (Å²) in [6, 6.07) is 8.96. The first-order valence-corrected chi connectivity index (χ1v) is 12.7. The molecular formula is C22H29N3O5S2. The van der Waals surface area contributed by atoms with Gasteiger partial charge in [0.25, 0.3) is 15.9 Å². The number of aryl methyl sites for hydroxylation is 2. The Bertz CT molecular complexity index is 1100. The fourth-order valence-electron chi connectivity index (χ4n) is 3.48. The SMILES string of the molecule is Cc1ccc(S(=O)(=O)N2CCCC(C(=O)NNC(=O)C(C)Oc3cccc(C)c3C)C2)s1. The first-order chi connectivity index (χ1) is 15.1. The normalized spacial score (nSPS) is 18.1. The summed E-state index contributed by atoms with van der Waals surface area (Å²) < 4.78 is 33.1. The number of sulfonamides is 1. The Labute approximate surface area is 193 Å². The third-order valence-electron chi connectivity index (χ3n) is 5.60. The molecule has 32 heavy (non-hydrogen) atoms. The number of nitrogens with zero attached hydrogens (tertiary/aromatic N) is 1. The number of hydrazine groups is 1. The van der Waals surface area contributed by atoms with E-state index in [0.29, 0.717) is 25.1 Å². The highest BCUT2D eigenvalue weighted by Gasteiger charge is 2.34. The molecular weight excluding hydrogens is 450 g/mol. The van der Waals surface area contributed by atoms with Crippen LogP contribution < -0.4 is 15.6 Å². The van der Waals surface area contributed by atoms with E-state index in [1.807, 2.05) is 32.9 Å². The Hall–Kier alpha value is -2.43. The summed E-state index contributed by atoms with van der Waals surface area (Å²) in [6.45, 7) is 7.77. The summed E-state index contributed by atoms with van der Waals surface area (Å²) in [6.07, 6.45) is 0.300. The molecule has 2 N–H and O–H groups in total. The van der Waals surface area contributed by atoms with Crippen molar-refractivity contribution >= 4 is 33.2 Å². The lowest BCUT2D eigenvalue weighted by atomic mass is 9.99. The zero-order valence-electron chi connectivity index (χ0n) is 18.7. The van der Waals surface area contributed by atoms with Crippen LogP contribution in [0.1, 0.15) is 35.8 Å². The lowest BCUT2D eigenvalue weighted by molar-refractivity contribution is -0.134. The molecule has 1 aliphatic heterocycles. The minimum Gasteiger partial charge on any atom is -0.481 e. The summed E-state index contributed by atoms with van der Waals surface area (Å²) in [7, 11) is -3.63. The van der Waals surface area contributed by atoms with E-state index in [0.717, 1.165) is 16.0 Å². The topological polar surface area (TPSA) is 105 Å². The number of piperidine rings is 1. The van der Waals surface area contributed by atoms with Crippen LogP contribution >= 0.6 is 11.3 Å². The van der Waals surface area contributed by atoms with Crippen LogP contribution in [0.3, 0.4) is 0 Å². The molecule has 0 aliphatic carbocycles. The van der Waals surface area contributed by atoms with Gasteiger partial charge < -0.3 is 4.74 Å². The molecule has 2 atom stereocenters. The van der Waals surface area contributed by atoms with Crippen molar-refractivity contribution < 1.29 is 22.7 Å². The fraction of sp³-hybridized carbons (Fsp3) is 0.455. The number of carbonyl (C=O) groups excluding carboxylic acids is 2. The van der Waals surface area contributed by atoms with E-state index in [2.05, 4.69) is 10.9 Å². The first-order valence-electron chi connectivity index (χ1n) is 10.5. The van der Waals surface area contributed by atoms with E-state index in [4.69, 9.17) is 4.74 Å². The van der Waals surface area contributed by atoms with Crippen LogP contribution in [-0.4, -0.2) is 43.7 Å². The molecule has 0 saturated carbocycles. The number of thiophene rings is 1. The van der Waals surface area contributed by atoms with Crippen molar-refractivity contribution in [3.63, 3.8) is 0 Å². The van der Waals surface area contributed by atoms with Gasteiger partial charge in [0.15, 0.2) is 6.10 Å². The van der Waals surface area contributed by atoms with Crippen molar-refractivity contribution in [3.05, 3.63) is 46.3 Å². The fourth-order valence-corrected chi connectivity index (χ4v) is 6.44. The Balaban J connectivity index is 1.55. The van der Waals surface area contributed by atoms with Gasteiger partial charge in [-0.1, -0.05) is 12.1 Å². The molecule has 2 aromatic rings. The molecule has 3 rings (SSSR count). The van der Waals surface area contributed by atoms with E-state index in [-0.39, 0.29) is 10.8 Å². The Morgan fingerprint density at radius 3 is 2.59 bits per heavy atom. The van der Waals surface area contributed by atoms with Crippen LogP contribution in [0.5, 0.6) is 5.75 Å². The second-order valence-electron chi connectivity index (χ2n) is 8.00. The molecule has 8 nitrogen and oxygen atoms in total. The maximum atomic E-state index is 12.9. The third kappa shape index (κ3) is 5.48. The molecule has 1 fully saturated rings. The highest BCUT2D eigenvalue weighted by molar-refractivity contribution is 7.91. The summed E-state index contributed by atoms with van der Waals surface area (Å²) >= 11 is 1.22. The van der Waals surface area contributed by atoms with Crippen LogP contribution in [-0.2, 0) is 19.6 Å². The van der Waals surface area contributed by atoms with Gasteiger partial charge in [-0.3, -0.25) is 20.4 Å². The van der Waals surface area contributed by atoms with Crippen molar-refractivity contribution in [2.24, 2.45) is 5.92 Å². The van der Waals surface area contributed by atoms with Crippen LogP contribution in [0.2, 0.25) is 0 Å². The molecule has 1 aliphatic rings. The van der Waals surface area contributed by atoms with Gasteiger partial charge >= 0.3 is 0 Å². The van der Waals surface area contributed by atoms with E-state index < -0.39 is 33.9 Å². The summed E-state index contributed by atoms with van der Waals surface area (Å²) in [5, 5.41) is 0. The first kappa shape index (κ1) is 24.2. The maximum Gasteiger partial charge on any atom is 0.279 e. The maximum absolute atomic E-state index is 12.9. The molecule has 1 aromatic heterocycles. The zero-order valence-corrected chi connectivity index (χ0v) is 20.3. The quantitative estimate of drug-likeness (QED) is 0.620. The number of hydrogen-bond acceptors (Lipinski definition) is 6. The minimum absolute atomic E-state index is 0.0789. The number of nitrogens with one attached hydrogen (secondary N) is 2. The minimum atomic E-state index is -3.63. The van der Waals surface area contributed by atoms with Gasteiger partial charge in [0.1, 0.15) is 9.96 Å². The number of ether oxygens (including phenoxy) is 1. The molecule has 0 spiro atoms. The average molecular weight is 480 g/mol. The van der Waals surface area contributed by atoms with Gasteiger partial charge in [0.05, 0.1) is 5.92 Å². The van der Waals surface area contributed by atoms with Crippen molar-refractivity contribution in [2.45, 2.75) is 50.8 Å². The van der Waals surface area contributed by atoms with Crippen LogP contribution in [0.4, 0.5) is 0 Å². The van der Waals surface area contributed by atoms with Gasteiger partial charge in [-0.15, -0.1) is 11.3 Å².